The van der Waals surface area contributed by atoms with Crippen molar-refractivity contribution in [2.45, 2.75) is 19.8 Å². The van der Waals surface area contributed by atoms with Gasteiger partial charge in [-0.2, -0.15) is 0 Å². The van der Waals surface area contributed by atoms with Gasteiger partial charge in [-0.1, -0.05) is 36.4 Å². The van der Waals surface area contributed by atoms with Crippen LogP contribution in [0.25, 0.3) is 0 Å². The van der Waals surface area contributed by atoms with Gasteiger partial charge in [0.15, 0.2) is 0 Å². The van der Waals surface area contributed by atoms with Crippen molar-refractivity contribution >= 4 is 23.2 Å². The number of amides is 2. The van der Waals surface area contributed by atoms with Crippen LogP contribution in [0.15, 0.2) is 48.5 Å². The molecular weight excluding hydrogens is 346 g/mol. The molecule has 1 N–H and O–H groups in total. The van der Waals surface area contributed by atoms with Gasteiger partial charge in [-0.25, -0.2) is 0 Å². The second-order valence-corrected chi connectivity index (χ2v) is 6.67. The Kier molecular flexibility index (Phi) is 5.49. The Bertz CT molecular complexity index is 867. The smallest absolute Gasteiger partial charge is 0.274 e. The summed E-state index contributed by atoms with van der Waals surface area (Å²) in [5.74, 6) is -0.775. The number of carbonyl (C=O) groups excluding carboxylic acids is 2. The largest absolute Gasteiger partial charge is 0.342 e. The lowest BCUT2D eigenvalue weighted by molar-refractivity contribution is -0.385. The molecule has 1 aliphatic heterocycles. The summed E-state index contributed by atoms with van der Waals surface area (Å²) in [6.07, 6.45) is 0.902. The number of nitro benzene ring substituents is 1. The van der Waals surface area contributed by atoms with Crippen LogP contribution in [-0.4, -0.2) is 34.7 Å². The highest BCUT2D eigenvalue weighted by Crippen LogP contribution is 2.27. The molecule has 0 aromatic heterocycles. The first kappa shape index (κ1) is 18.6. The molecule has 1 atom stereocenters. The maximum atomic E-state index is 12.6. The van der Waals surface area contributed by atoms with Crippen LogP contribution in [0.3, 0.4) is 0 Å². The summed E-state index contributed by atoms with van der Waals surface area (Å²) in [5.41, 5.74) is 1.91. The van der Waals surface area contributed by atoms with E-state index in [1.54, 1.807) is 17.9 Å². The summed E-state index contributed by atoms with van der Waals surface area (Å²) >= 11 is 0. The zero-order valence-electron chi connectivity index (χ0n) is 15.1. The highest BCUT2D eigenvalue weighted by molar-refractivity contribution is 5.98. The molecule has 2 amide bonds. The Labute approximate surface area is 157 Å². The van der Waals surface area contributed by atoms with Gasteiger partial charge in [-0.15, -0.1) is 0 Å². The molecule has 3 rings (SSSR count). The van der Waals surface area contributed by atoms with Gasteiger partial charge < -0.3 is 10.2 Å². The average molecular weight is 367 g/mol. The molecule has 0 radical (unpaired) electrons. The number of anilines is 1. The van der Waals surface area contributed by atoms with Crippen LogP contribution in [-0.2, 0) is 16.0 Å². The first-order chi connectivity index (χ1) is 13.0. The quantitative estimate of drug-likeness (QED) is 0.627. The fraction of sp³-hybridized carbons (Fsp3) is 0.300. The fourth-order valence-corrected chi connectivity index (χ4v) is 3.26. The maximum Gasteiger partial charge on any atom is 0.274 e. The van der Waals surface area contributed by atoms with Crippen molar-refractivity contribution in [1.82, 2.24) is 4.90 Å². The SMILES string of the molecule is Cc1c(NC(=O)C2CC(=O)N(CCc3ccccc3)C2)cccc1[N+](=O)[O-]. The lowest BCUT2D eigenvalue weighted by atomic mass is 10.1. The molecule has 140 valence electrons. The first-order valence-electron chi connectivity index (χ1n) is 8.82. The predicted octanol–water partition coefficient (Wildman–Crippen LogP) is 2.93. The molecule has 1 saturated heterocycles. The van der Waals surface area contributed by atoms with Crippen molar-refractivity contribution in [2.24, 2.45) is 5.92 Å². The summed E-state index contributed by atoms with van der Waals surface area (Å²) in [7, 11) is 0. The lowest BCUT2D eigenvalue weighted by Gasteiger charge is -2.17. The predicted molar refractivity (Wildman–Crippen MR) is 101 cm³/mol. The number of nitrogens with zero attached hydrogens (tertiary/aromatic N) is 2. The normalized spacial score (nSPS) is 16.4. The third kappa shape index (κ3) is 4.31. The van der Waals surface area contributed by atoms with Crippen molar-refractivity contribution in [3.05, 3.63) is 69.8 Å². The number of rotatable bonds is 6. The minimum Gasteiger partial charge on any atom is -0.342 e. The summed E-state index contributed by atoms with van der Waals surface area (Å²) < 4.78 is 0. The van der Waals surface area contributed by atoms with E-state index < -0.39 is 10.8 Å². The highest BCUT2D eigenvalue weighted by atomic mass is 16.6. The number of nitro groups is 1. The topological polar surface area (TPSA) is 92.6 Å². The monoisotopic (exact) mass is 367 g/mol. The molecule has 1 unspecified atom stereocenters. The Morgan fingerprint density at radius 1 is 1.22 bits per heavy atom. The summed E-state index contributed by atoms with van der Waals surface area (Å²) in [4.78, 5) is 37.0. The molecule has 0 bridgehead atoms. The van der Waals surface area contributed by atoms with E-state index in [2.05, 4.69) is 5.32 Å². The van der Waals surface area contributed by atoms with Crippen LogP contribution < -0.4 is 5.32 Å². The van der Waals surface area contributed by atoms with Gasteiger partial charge in [0.2, 0.25) is 11.8 Å². The molecule has 7 heteroatoms. The van der Waals surface area contributed by atoms with Crippen molar-refractivity contribution in [3.8, 4) is 0 Å². The average Bonchev–Trinajstić information content (AvgIpc) is 3.03. The van der Waals surface area contributed by atoms with E-state index in [1.807, 2.05) is 30.3 Å². The first-order valence-corrected chi connectivity index (χ1v) is 8.82. The fourth-order valence-electron chi connectivity index (χ4n) is 3.26. The molecular formula is C20H21N3O4. The molecule has 7 nitrogen and oxygen atoms in total. The van der Waals surface area contributed by atoms with E-state index in [9.17, 15) is 19.7 Å². The third-order valence-electron chi connectivity index (χ3n) is 4.86. The number of nitrogens with one attached hydrogen (secondary N) is 1. The van der Waals surface area contributed by atoms with Gasteiger partial charge in [0.25, 0.3) is 5.69 Å². The van der Waals surface area contributed by atoms with Gasteiger partial charge in [0, 0.05) is 25.6 Å². The van der Waals surface area contributed by atoms with E-state index in [-0.39, 0.29) is 23.9 Å². The molecule has 0 aliphatic carbocycles. The molecule has 1 aliphatic rings. The van der Waals surface area contributed by atoms with Crippen LogP contribution in [0.5, 0.6) is 0 Å². The second-order valence-electron chi connectivity index (χ2n) is 6.67. The van der Waals surface area contributed by atoms with Gasteiger partial charge in [0.1, 0.15) is 0 Å². The summed E-state index contributed by atoms with van der Waals surface area (Å²) in [6, 6.07) is 14.4. The van der Waals surface area contributed by atoms with E-state index >= 15 is 0 Å². The molecule has 1 fully saturated rings. The van der Waals surface area contributed by atoms with Gasteiger partial charge in [-0.3, -0.25) is 19.7 Å². The number of hydrogen-bond acceptors (Lipinski definition) is 4. The minimum absolute atomic E-state index is 0.0400. The molecule has 2 aromatic rings. The zero-order valence-corrected chi connectivity index (χ0v) is 15.1. The standard InChI is InChI=1S/C20H21N3O4/c1-14-17(8-5-9-18(14)23(26)27)21-20(25)16-12-19(24)22(13-16)11-10-15-6-3-2-4-7-15/h2-9,16H,10-13H2,1H3,(H,21,25). The van der Waals surface area contributed by atoms with Gasteiger partial charge >= 0.3 is 0 Å². The maximum absolute atomic E-state index is 12.6. The summed E-state index contributed by atoms with van der Waals surface area (Å²) in [5, 5.41) is 13.8. The van der Waals surface area contributed by atoms with Gasteiger partial charge in [-0.05, 0) is 25.0 Å². The minimum atomic E-state index is -0.477. The van der Waals surface area contributed by atoms with Crippen LogP contribution in [0.1, 0.15) is 17.5 Å². The van der Waals surface area contributed by atoms with Crippen molar-refractivity contribution < 1.29 is 14.5 Å². The Hall–Kier alpha value is -3.22. The number of benzene rings is 2. The van der Waals surface area contributed by atoms with E-state index in [0.29, 0.717) is 24.3 Å². The van der Waals surface area contributed by atoms with E-state index in [1.165, 1.54) is 12.1 Å². The zero-order chi connectivity index (χ0) is 19.4. The Balaban J connectivity index is 1.61. The van der Waals surface area contributed by atoms with Crippen molar-refractivity contribution in [3.63, 3.8) is 0 Å². The molecule has 0 spiro atoms. The lowest BCUT2D eigenvalue weighted by Crippen LogP contribution is -2.30. The Morgan fingerprint density at radius 2 is 1.96 bits per heavy atom. The third-order valence-corrected chi connectivity index (χ3v) is 4.86. The number of likely N-dealkylation sites (tertiary alicyclic amines) is 1. The van der Waals surface area contributed by atoms with Gasteiger partial charge in [0.05, 0.1) is 22.1 Å². The number of hydrogen-bond donors (Lipinski definition) is 1. The molecule has 1 heterocycles. The Morgan fingerprint density at radius 3 is 2.67 bits per heavy atom. The van der Waals surface area contributed by atoms with Crippen LogP contribution in [0.4, 0.5) is 11.4 Å². The highest BCUT2D eigenvalue weighted by Gasteiger charge is 2.34. The van der Waals surface area contributed by atoms with Crippen molar-refractivity contribution in [1.29, 1.82) is 0 Å². The summed E-state index contributed by atoms with van der Waals surface area (Å²) in [6.45, 7) is 2.54. The van der Waals surface area contributed by atoms with Crippen LogP contribution >= 0.6 is 0 Å². The second kappa shape index (κ2) is 7.99. The van der Waals surface area contributed by atoms with E-state index in [0.717, 1.165) is 12.0 Å². The molecule has 2 aromatic carbocycles. The van der Waals surface area contributed by atoms with Crippen LogP contribution in [0, 0.1) is 23.0 Å². The van der Waals surface area contributed by atoms with E-state index in [4.69, 9.17) is 0 Å². The number of carbonyl (C=O) groups is 2. The molecule has 0 saturated carbocycles. The van der Waals surface area contributed by atoms with Crippen LogP contribution in [0.2, 0.25) is 0 Å². The van der Waals surface area contributed by atoms with Crippen molar-refractivity contribution in [2.75, 3.05) is 18.4 Å². The molecule has 27 heavy (non-hydrogen) atoms.